The van der Waals surface area contributed by atoms with Gasteiger partial charge in [0.2, 0.25) is 5.91 Å². The second-order valence-electron chi connectivity index (χ2n) is 4.28. The van der Waals surface area contributed by atoms with Crippen LogP contribution in [0.2, 0.25) is 0 Å². The van der Waals surface area contributed by atoms with Crippen LogP contribution in [0.25, 0.3) is 0 Å². The summed E-state index contributed by atoms with van der Waals surface area (Å²) in [7, 11) is 0. The quantitative estimate of drug-likeness (QED) is 0.731. The first-order chi connectivity index (χ1) is 7.74. The van der Waals surface area contributed by atoms with Crippen molar-refractivity contribution in [3.05, 3.63) is 12.2 Å². The SMILES string of the molecule is CSCC[C@H](N)C(=O)NCC1CC=CCC1.Cl. The van der Waals surface area contributed by atoms with E-state index in [9.17, 15) is 4.79 Å². The van der Waals surface area contributed by atoms with Crippen LogP contribution in [0.1, 0.15) is 25.7 Å². The van der Waals surface area contributed by atoms with Crippen molar-refractivity contribution in [1.82, 2.24) is 5.32 Å². The highest BCUT2D eigenvalue weighted by Crippen LogP contribution is 2.16. The van der Waals surface area contributed by atoms with E-state index in [1.165, 1.54) is 6.42 Å². The van der Waals surface area contributed by atoms with Crippen LogP contribution in [0, 0.1) is 5.92 Å². The molecule has 17 heavy (non-hydrogen) atoms. The van der Waals surface area contributed by atoms with Crippen LogP contribution in [0.4, 0.5) is 0 Å². The molecule has 3 nitrogen and oxygen atoms in total. The van der Waals surface area contributed by atoms with Crippen molar-refractivity contribution in [2.75, 3.05) is 18.6 Å². The van der Waals surface area contributed by atoms with E-state index in [1.807, 2.05) is 6.26 Å². The van der Waals surface area contributed by atoms with Gasteiger partial charge in [0, 0.05) is 6.54 Å². The molecule has 5 heteroatoms. The Morgan fingerprint density at radius 1 is 1.59 bits per heavy atom. The third-order valence-electron chi connectivity index (χ3n) is 2.91. The summed E-state index contributed by atoms with van der Waals surface area (Å²) >= 11 is 1.72. The lowest BCUT2D eigenvalue weighted by Crippen LogP contribution is -2.42. The molecule has 0 aromatic carbocycles. The first-order valence-corrected chi connectivity index (χ1v) is 7.30. The fraction of sp³-hybridized carbons (Fsp3) is 0.750. The van der Waals surface area contributed by atoms with Crippen LogP contribution in [0.15, 0.2) is 12.2 Å². The molecule has 0 radical (unpaired) electrons. The smallest absolute Gasteiger partial charge is 0.236 e. The summed E-state index contributed by atoms with van der Waals surface area (Å²) in [6.07, 6.45) is 10.6. The van der Waals surface area contributed by atoms with Crippen LogP contribution in [-0.4, -0.2) is 30.5 Å². The molecule has 0 aliphatic heterocycles. The highest BCUT2D eigenvalue weighted by atomic mass is 35.5. The first kappa shape index (κ1) is 16.8. The van der Waals surface area contributed by atoms with E-state index in [0.29, 0.717) is 5.92 Å². The summed E-state index contributed by atoms with van der Waals surface area (Å²) in [4.78, 5) is 11.6. The van der Waals surface area contributed by atoms with E-state index in [-0.39, 0.29) is 24.4 Å². The highest BCUT2D eigenvalue weighted by molar-refractivity contribution is 7.98. The summed E-state index contributed by atoms with van der Waals surface area (Å²) in [5.74, 6) is 1.55. The van der Waals surface area contributed by atoms with Gasteiger partial charge in [-0.25, -0.2) is 0 Å². The number of hydrogen-bond acceptors (Lipinski definition) is 3. The van der Waals surface area contributed by atoms with Gasteiger partial charge >= 0.3 is 0 Å². The molecule has 1 amide bonds. The van der Waals surface area contributed by atoms with Gasteiger partial charge in [-0.2, -0.15) is 11.8 Å². The van der Waals surface area contributed by atoms with Gasteiger partial charge in [0.15, 0.2) is 0 Å². The fourth-order valence-electron chi connectivity index (χ4n) is 1.79. The molecule has 0 aromatic heterocycles. The third-order valence-corrected chi connectivity index (χ3v) is 3.56. The number of nitrogens with two attached hydrogens (primary N) is 1. The van der Waals surface area contributed by atoms with E-state index < -0.39 is 0 Å². The zero-order valence-electron chi connectivity index (χ0n) is 10.4. The van der Waals surface area contributed by atoms with Crippen molar-refractivity contribution < 1.29 is 4.79 Å². The van der Waals surface area contributed by atoms with Crippen molar-refractivity contribution in [2.45, 2.75) is 31.7 Å². The normalized spacial score (nSPS) is 20.5. The van der Waals surface area contributed by atoms with Gasteiger partial charge in [-0.1, -0.05) is 12.2 Å². The van der Waals surface area contributed by atoms with Crippen molar-refractivity contribution in [3.8, 4) is 0 Å². The number of amides is 1. The Morgan fingerprint density at radius 2 is 2.35 bits per heavy atom. The summed E-state index contributed by atoms with van der Waals surface area (Å²) in [6, 6.07) is -0.341. The zero-order chi connectivity index (χ0) is 11.8. The molecule has 0 heterocycles. The Bertz CT molecular complexity index is 249. The van der Waals surface area contributed by atoms with Crippen LogP contribution in [0.5, 0.6) is 0 Å². The van der Waals surface area contributed by atoms with E-state index >= 15 is 0 Å². The number of carbonyl (C=O) groups excluding carboxylic acids is 1. The van der Waals surface area contributed by atoms with Gasteiger partial charge in [0.1, 0.15) is 0 Å². The number of halogens is 1. The van der Waals surface area contributed by atoms with Crippen molar-refractivity contribution in [2.24, 2.45) is 11.7 Å². The molecule has 2 atom stereocenters. The maximum Gasteiger partial charge on any atom is 0.236 e. The molecule has 1 rings (SSSR count). The summed E-state index contributed by atoms with van der Waals surface area (Å²) in [6.45, 7) is 0.774. The van der Waals surface area contributed by atoms with Crippen LogP contribution >= 0.6 is 24.2 Å². The lowest BCUT2D eigenvalue weighted by Gasteiger charge is -2.19. The van der Waals surface area contributed by atoms with Crippen LogP contribution in [0.3, 0.4) is 0 Å². The molecule has 100 valence electrons. The monoisotopic (exact) mass is 278 g/mol. The molecule has 0 bridgehead atoms. The van der Waals surface area contributed by atoms with E-state index in [4.69, 9.17) is 5.73 Å². The number of hydrogen-bond donors (Lipinski definition) is 2. The number of rotatable bonds is 6. The lowest BCUT2D eigenvalue weighted by molar-refractivity contribution is -0.122. The molecule has 0 spiro atoms. The Hall–Kier alpha value is -0.190. The summed E-state index contributed by atoms with van der Waals surface area (Å²) < 4.78 is 0. The fourth-order valence-corrected chi connectivity index (χ4v) is 2.28. The lowest BCUT2D eigenvalue weighted by atomic mass is 9.94. The standard InChI is InChI=1S/C12H22N2OS.ClH/c1-16-8-7-11(13)12(15)14-9-10-5-3-2-4-6-10;/h2-3,10-11H,4-9,13H2,1H3,(H,14,15);1H/t10?,11-;/m0./s1. The Morgan fingerprint density at radius 3 is 2.94 bits per heavy atom. The molecule has 0 fully saturated rings. The van der Waals surface area contributed by atoms with Crippen LogP contribution < -0.4 is 11.1 Å². The van der Waals surface area contributed by atoms with Gasteiger partial charge < -0.3 is 11.1 Å². The summed E-state index contributed by atoms with van der Waals surface area (Å²) in [5, 5.41) is 2.95. The molecule has 3 N–H and O–H groups in total. The van der Waals surface area contributed by atoms with E-state index in [0.717, 1.165) is 31.6 Å². The van der Waals surface area contributed by atoms with Crippen molar-refractivity contribution >= 4 is 30.1 Å². The number of thioether (sulfide) groups is 1. The molecular formula is C12H23ClN2OS. The summed E-state index contributed by atoms with van der Waals surface area (Å²) in [5.41, 5.74) is 5.78. The van der Waals surface area contributed by atoms with E-state index in [2.05, 4.69) is 17.5 Å². The minimum absolute atomic E-state index is 0. The van der Waals surface area contributed by atoms with Gasteiger partial charge in [-0.3, -0.25) is 4.79 Å². The minimum atomic E-state index is -0.341. The van der Waals surface area contributed by atoms with Gasteiger partial charge in [-0.15, -0.1) is 12.4 Å². The molecular weight excluding hydrogens is 256 g/mol. The van der Waals surface area contributed by atoms with Crippen molar-refractivity contribution in [1.29, 1.82) is 0 Å². The predicted molar refractivity (Wildman–Crippen MR) is 77.7 cm³/mol. The van der Waals surface area contributed by atoms with Gasteiger partial charge in [0.05, 0.1) is 6.04 Å². The Kier molecular flexibility index (Phi) is 9.69. The largest absolute Gasteiger partial charge is 0.354 e. The number of nitrogens with one attached hydrogen (secondary N) is 1. The molecule has 1 aliphatic carbocycles. The zero-order valence-corrected chi connectivity index (χ0v) is 12.0. The first-order valence-electron chi connectivity index (χ1n) is 5.91. The molecule has 1 unspecified atom stereocenters. The molecule has 0 saturated heterocycles. The molecule has 0 saturated carbocycles. The van der Waals surface area contributed by atoms with Gasteiger partial charge in [0.25, 0.3) is 0 Å². The van der Waals surface area contributed by atoms with Crippen molar-refractivity contribution in [3.63, 3.8) is 0 Å². The third kappa shape index (κ3) is 6.96. The average Bonchev–Trinajstić information content (AvgIpc) is 2.34. The average molecular weight is 279 g/mol. The predicted octanol–water partition coefficient (Wildman–Crippen LogP) is 1.96. The molecule has 0 aromatic rings. The number of allylic oxidation sites excluding steroid dienone is 2. The molecule has 1 aliphatic rings. The van der Waals surface area contributed by atoms with Crippen LogP contribution in [-0.2, 0) is 4.79 Å². The topological polar surface area (TPSA) is 55.1 Å². The minimum Gasteiger partial charge on any atom is -0.354 e. The Labute approximate surface area is 114 Å². The van der Waals surface area contributed by atoms with Gasteiger partial charge in [-0.05, 0) is 43.6 Å². The maximum absolute atomic E-state index is 11.6. The second kappa shape index (κ2) is 9.80. The highest BCUT2D eigenvalue weighted by Gasteiger charge is 2.15. The second-order valence-corrected chi connectivity index (χ2v) is 5.27. The van der Waals surface area contributed by atoms with E-state index in [1.54, 1.807) is 11.8 Å². The Balaban J connectivity index is 0.00000256. The number of carbonyl (C=O) groups is 1. The maximum atomic E-state index is 11.6.